The molecule has 2 heterocycles. The summed E-state index contributed by atoms with van der Waals surface area (Å²) < 4.78 is 1.44. The summed E-state index contributed by atoms with van der Waals surface area (Å²) in [6.45, 7) is 3.33. The van der Waals surface area contributed by atoms with Crippen molar-refractivity contribution in [1.29, 1.82) is 5.26 Å². The Morgan fingerprint density at radius 3 is 3.10 bits per heavy atom. The van der Waals surface area contributed by atoms with E-state index in [0.29, 0.717) is 13.2 Å². The number of likely N-dealkylation sites (tertiary alicyclic amines) is 1. The molecule has 0 saturated carbocycles. The van der Waals surface area contributed by atoms with Gasteiger partial charge in [-0.1, -0.05) is 0 Å². The predicted octanol–water partition coefficient (Wildman–Crippen LogP) is 0.421. The summed E-state index contributed by atoms with van der Waals surface area (Å²) in [6, 6.07) is 2.19. The van der Waals surface area contributed by atoms with Crippen molar-refractivity contribution in [3.05, 3.63) is 18.7 Å². The number of carbonyl (C=O) groups excluding carboxylic acids is 1. The Kier molecular flexibility index (Phi) is 5.24. The molecule has 1 aliphatic heterocycles. The highest BCUT2D eigenvalue weighted by Gasteiger charge is 2.29. The van der Waals surface area contributed by atoms with Crippen molar-refractivity contribution in [3.63, 3.8) is 0 Å². The summed E-state index contributed by atoms with van der Waals surface area (Å²) in [7, 11) is 0. The summed E-state index contributed by atoms with van der Waals surface area (Å²) in [4.78, 5) is 23.0. The molecular weight excluding hydrogens is 258 g/mol. The lowest BCUT2D eigenvalue weighted by atomic mass is 9.99. The third-order valence-corrected chi connectivity index (χ3v) is 3.36. The molecule has 108 valence electrons. The second kappa shape index (κ2) is 7.14. The molecule has 1 saturated heterocycles. The first kappa shape index (κ1) is 14.7. The lowest BCUT2D eigenvalue weighted by Gasteiger charge is -2.35. The fourth-order valence-corrected chi connectivity index (χ4v) is 2.32. The van der Waals surface area contributed by atoms with Crippen LogP contribution >= 0.6 is 0 Å². The van der Waals surface area contributed by atoms with Crippen LogP contribution in [-0.2, 0) is 4.84 Å². The minimum atomic E-state index is -0.220. The molecule has 2 atom stereocenters. The van der Waals surface area contributed by atoms with E-state index in [-0.39, 0.29) is 24.5 Å². The van der Waals surface area contributed by atoms with Crippen LogP contribution in [0, 0.1) is 11.3 Å². The number of aromatic nitrogens is 2. The largest absolute Gasteiger partial charge is 0.302 e. The quantitative estimate of drug-likeness (QED) is 0.785. The van der Waals surface area contributed by atoms with E-state index in [1.165, 1.54) is 10.9 Å². The minimum Gasteiger partial charge on any atom is -0.302 e. The molecule has 1 aromatic heterocycles. The lowest BCUT2D eigenvalue weighted by Crippen LogP contribution is -2.51. The van der Waals surface area contributed by atoms with Gasteiger partial charge in [-0.3, -0.25) is 14.3 Å². The summed E-state index contributed by atoms with van der Waals surface area (Å²) in [5.74, 6) is -0.0835. The smallest absolute Gasteiger partial charge is 0.246 e. The van der Waals surface area contributed by atoms with E-state index >= 15 is 0 Å². The van der Waals surface area contributed by atoms with Gasteiger partial charge in [0.1, 0.15) is 6.33 Å². The third-order valence-electron chi connectivity index (χ3n) is 3.36. The average molecular weight is 277 g/mol. The molecule has 2 rings (SSSR count). The molecule has 0 bridgehead atoms. The molecule has 0 spiro atoms. The maximum Gasteiger partial charge on any atom is 0.246 e. The lowest BCUT2D eigenvalue weighted by molar-refractivity contribution is -0.00237. The number of nitrogens with zero attached hydrogens (tertiary/aromatic N) is 4. The maximum absolute atomic E-state index is 12.1. The Morgan fingerprint density at radius 1 is 1.60 bits per heavy atom. The van der Waals surface area contributed by atoms with Gasteiger partial charge >= 0.3 is 0 Å². The fraction of sp³-hybridized carbons (Fsp3) is 0.615. The van der Waals surface area contributed by atoms with Gasteiger partial charge in [0.2, 0.25) is 5.91 Å². The zero-order chi connectivity index (χ0) is 14.4. The van der Waals surface area contributed by atoms with Gasteiger partial charge in [0.05, 0.1) is 25.3 Å². The van der Waals surface area contributed by atoms with Crippen LogP contribution < -0.4 is 5.48 Å². The van der Waals surface area contributed by atoms with Gasteiger partial charge in [-0.15, -0.1) is 0 Å². The van der Waals surface area contributed by atoms with Crippen LogP contribution in [0.25, 0.3) is 0 Å². The standard InChI is InChI=1S/C13H19N5O2/c1-2-20-16-11-3-4-12(7-14)18(8-11)9-13(19)17-6-5-15-10-17/h5-6,10-12,16H,2-4,8-9H2,1H3/t11-,12+/m1/s1. The van der Waals surface area contributed by atoms with Gasteiger partial charge in [-0.2, -0.15) is 10.7 Å². The normalized spacial score (nSPS) is 23.4. The summed E-state index contributed by atoms with van der Waals surface area (Å²) in [5.41, 5.74) is 2.97. The van der Waals surface area contributed by atoms with Crippen molar-refractivity contribution in [1.82, 2.24) is 19.9 Å². The van der Waals surface area contributed by atoms with E-state index in [9.17, 15) is 10.1 Å². The molecular formula is C13H19N5O2. The van der Waals surface area contributed by atoms with Gasteiger partial charge in [0.15, 0.2) is 0 Å². The first-order chi connectivity index (χ1) is 9.74. The van der Waals surface area contributed by atoms with Crippen molar-refractivity contribution in [3.8, 4) is 6.07 Å². The monoisotopic (exact) mass is 277 g/mol. The van der Waals surface area contributed by atoms with Crippen LogP contribution in [0.15, 0.2) is 18.7 Å². The van der Waals surface area contributed by atoms with E-state index in [4.69, 9.17) is 4.84 Å². The highest BCUT2D eigenvalue weighted by atomic mass is 16.6. The molecule has 7 heteroatoms. The van der Waals surface area contributed by atoms with Crippen molar-refractivity contribution >= 4 is 5.91 Å². The Hall–Kier alpha value is -1.75. The third kappa shape index (κ3) is 3.63. The van der Waals surface area contributed by atoms with Gasteiger partial charge in [-0.25, -0.2) is 4.98 Å². The molecule has 1 aromatic rings. The predicted molar refractivity (Wildman–Crippen MR) is 71.6 cm³/mol. The summed E-state index contributed by atoms with van der Waals surface area (Å²) >= 11 is 0. The first-order valence-corrected chi connectivity index (χ1v) is 6.76. The highest BCUT2D eigenvalue weighted by Crippen LogP contribution is 2.17. The van der Waals surface area contributed by atoms with Crippen molar-refractivity contribution in [2.45, 2.75) is 31.8 Å². The van der Waals surface area contributed by atoms with Crippen LogP contribution in [0.1, 0.15) is 24.6 Å². The van der Waals surface area contributed by atoms with E-state index in [1.807, 2.05) is 11.8 Å². The first-order valence-electron chi connectivity index (χ1n) is 6.76. The molecule has 20 heavy (non-hydrogen) atoms. The van der Waals surface area contributed by atoms with Gasteiger partial charge in [0.25, 0.3) is 0 Å². The Balaban J connectivity index is 1.95. The molecule has 0 aliphatic carbocycles. The highest BCUT2D eigenvalue weighted by molar-refractivity contribution is 5.80. The second-order valence-electron chi connectivity index (χ2n) is 4.76. The van der Waals surface area contributed by atoms with Crippen molar-refractivity contribution < 1.29 is 9.63 Å². The molecule has 0 amide bonds. The Bertz CT molecular complexity index is 468. The van der Waals surface area contributed by atoms with Crippen LogP contribution in [0.2, 0.25) is 0 Å². The molecule has 0 radical (unpaired) electrons. The summed E-state index contributed by atoms with van der Waals surface area (Å²) in [5, 5.41) is 9.19. The number of hydrogen-bond donors (Lipinski definition) is 1. The van der Waals surface area contributed by atoms with Crippen LogP contribution in [0.5, 0.6) is 0 Å². The van der Waals surface area contributed by atoms with E-state index in [1.54, 1.807) is 12.4 Å². The Labute approximate surface area is 118 Å². The van der Waals surface area contributed by atoms with Crippen molar-refractivity contribution in [2.75, 3.05) is 19.7 Å². The molecule has 0 unspecified atom stereocenters. The van der Waals surface area contributed by atoms with E-state index in [0.717, 1.165) is 12.8 Å². The number of nitrogens with one attached hydrogen (secondary N) is 1. The van der Waals surface area contributed by atoms with Gasteiger partial charge in [-0.05, 0) is 19.8 Å². The number of rotatable bonds is 5. The molecule has 1 N–H and O–H groups in total. The van der Waals surface area contributed by atoms with E-state index in [2.05, 4.69) is 16.5 Å². The van der Waals surface area contributed by atoms with E-state index < -0.39 is 0 Å². The molecule has 0 aromatic carbocycles. The SMILES string of the molecule is CCON[C@@H]1CC[C@@H](C#N)N(CC(=O)n2ccnc2)C1. The van der Waals surface area contributed by atoms with Crippen LogP contribution in [0.3, 0.4) is 0 Å². The summed E-state index contributed by atoms with van der Waals surface area (Å²) in [6.07, 6.45) is 6.26. The number of hydrogen-bond acceptors (Lipinski definition) is 6. The Morgan fingerprint density at radius 2 is 2.45 bits per heavy atom. The van der Waals surface area contributed by atoms with Gasteiger partial charge in [0, 0.05) is 25.0 Å². The van der Waals surface area contributed by atoms with Crippen LogP contribution in [0.4, 0.5) is 0 Å². The number of piperidine rings is 1. The molecule has 1 fully saturated rings. The molecule has 7 nitrogen and oxygen atoms in total. The number of carbonyl (C=O) groups is 1. The average Bonchev–Trinajstić information content (AvgIpc) is 2.99. The molecule has 1 aliphatic rings. The fourth-order valence-electron chi connectivity index (χ4n) is 2.32. The zero-order valence-electron chi connectivity index (χ0n) is 11.5. The number of imidazole rings is 1. The van der Waals surface area contributed by atoms with Crippen molar-refractivity contribution in [2.24, 2.45) is 0 Å². The topological polar surface area (TPSA) is 83.2 Å². The zero-order valence-corrected chi connectivity index (χ0v) is 11.5. The number of nitriles is 1. The second-order valence-corrected chi connectivity index (χ2v) is 4.76. The number of hydroxylamine groups is 1. The minimum absolute atomic E-state index is 0.0835. The van der Waals surface area contributed by atoms with Crippen LogP contribution in [-0.4, -0.2) is 52.1 Å². The van der Waals surface area contributed by atoms with Gasteiger partial charge < -0.3 is 4.84 Å². The maximum atomic E-state index is 12.1.